The molecule has 1 heterocycles. The number of carbonyl (C=O) groups is 1. The summed E-state index contributed by atoms with van der Waals surface area (Å²) in [4.78, 5) is 13.3. The van der Waals surface area contributed by atoms with Crippen LogP contribution in [0.5, 0.6) is 0 Å². The fraction of sp³-hybridized carbons (Fsp3) is 0.304. The molecule has 0 aliphatic heterocycles. The quantitative estimate of drug-likeness (QED) is 0.621. The average molecular weight is 424 g/mol. The Bertz CT molecular complexity index is 1150. The van der Waals surface area contributed by atoms with Crippen LogP contribution in [0.25, 0.3) is 5.69 Å². The van der Waals surface area contributed by atoms with Crippen molar-refractivity contribution in [1.29, 1.82) is 0 Å². The molecule has 1 N–H and O–H groups in total. The van der Waals surface area contributed by atoms with Crippen molar-refractivity contribution in [2.45, 2.75) is 37.1 Å². The van der Waals surface area contributed by atoms with E-state index in [9.17, 15) is 4.79 Å². The summed E-state index contributed by atoms with van der Waals surface area (Å²) in [5.41, 5.74) is 4.46. The first-order chi connectivity index (χ1) is 14.1. The molecule has 0 saturated heterocycles. The third-order valence-electron chi connectivity index (χ3n) is 6.55. The van der Waals surface area contributed by atoms with E-state index >= 15 is 0 Å². The van der Waals surface area contributed by atoms with Gasteiger partial charge in [-0.3, -0.25) is 4.79 Å². The van der Waals surface area contributed by atoms with Gasteiger partial charge >= 0.3 is 0 Å². The highest BCUT2D eigenvalue weighted by Crippen LogP contribution is 2.57. The van der Waals surface area contributed by atoms with E-state index in [4.69, 9.17) is 28.3 Å². The number of nitrogens with one attached hydrogen (secondary N) is 1. The summed E-state index contributed by atoms with van der Waals surface area (Å²) in [5, 5.41) is 9.16. The van der Waals surface area contributed by atoms with Gasteiger partial charge in [-0.2, -0.15) is 5.10 Å². The molecule has 29 heavy (non-hydrogen) atoms. The molecular formula is C23H19Cl2N3O. The Kier molecular flexibility index (Phi) is 3.69. The SMILES string of the molecule is O=C(NC1(c2ccccc2)CC1)c1nn(-c2ccc(Cl)cc2Cl)c2c1C[C@H]1C[C@@H]21. The third kappa shape index (κ3) is 2.73. The van der Waals surface area contributed by atoms with Crippen LogP contribution in [0.3, 0.4) is 0 Å². The highest BCUT2D eigenvalue weighted by molar-refractivity contribution is 6.35. The summed E-state index contributed by atoms with van der Waals surface area (Å²) < 4.78 is 1.88. The number of halogens is 2. The van der Waals surface area contributed by atoms with Crippen LogP contribution in [0.4, 0.5) is 0 Å². The number of hydrogen-bond donors (Lipinski definition) is 1. The number of nitrogens with zero attached hydrogens (tertiary/aromatic N) is 2. The summed E-state index contributed by atoms with van der Waals surface area (Å²) in [5.74, 6) is 1.03. The lowest BCUT2D eigenvalue weighted by atomic mass is 10.0. The molecule has 0 radical (unpaired) electrons. The molecule has 1 aromatic heterocycles. The summed E-state index contributed by atoms with van der Waals surface area (Å²) in [7, 11) is 0. The van der Waals surface area contributed by atoms with Crippen molar-refractivity contribution in [2.24, 2.45) is 5.92 Å². The summed E-state index contributed by atoms with van der Waals surface area (Å²) >= 11 is 12.5. The molecule has 6 rings (SSSR count). The number of aromatic nitrogens is 2. The first-order valence-electron chi connectivity index (χ1n) is 10.0. The fourth-order valence-corrected chi connectivity index (χ4v) is 5.27. The Labute approximate surface area is 178 Å². The van der Waals surface area contributed by atoms with Crippen molar-refractivity contribution in [3.05, 3.63) is 81.1 Å². The van der Waals surface area contributed by atoms with Crippen LogP contribution in [-0.2, 0) is 12.0 Å². The van der Waals surface area contributed by atoms with Gasteiger partial charge in [0.05, 0.1) is 21.9 Å². The van der Waals surface area contributed by atoms with Gasteiger partial charge in [-0.05, 0) is 55.4 Å². The van der Waals surface area contributed by atoms with Crippen molar-refractivity contribution in [3.8, 4) is 5.69 Å². The molecule has 1 amide bonds. The second-order valence-corrected chi connectivity index (χ2v) is 9.27. The molecule has 3 aliphatic carbocycles. The van der Waals surface area contributed by atoms with Gasteiger partial charge in [0.1, 0.15) is 0 Å². The zero-order valence-corrected chi connectivity index (χ0v) is 17.2. The predicted octanol–water partition coefficient (Wildman–Crippen LogP) is 5.26. The van der Waals surface area contributed by atoms with Crippen LogP contribution in [0.2, 0.25) is 10.0 Å². The van der Waals surface area contributed by atoms with Gasteiger partial charge in [-0.25, -0.2) is 4.68 Å². The number of amides is 1. The van der Waals surface area contributed by atoms with Gasteiger partial charge in [0.25, 0.3) is 5.91 Å². The van der Waals surface area contributed by atoms with Gasteiger partial charge in [0.15, 0.2) is 5.69 Å². The number of carbonyl (C=O) groups excluding carboxylic acids is 1. The van der Waals surface area contributed by atoms with E-state index in [1.54, 1.807) is 6.07 Å². The van der Waals surface area contributed by atoms with E-state index in [2.05, 4.69) is 17.4 Å². The molecule has 3 aromatic rings. The lowest BCUT2D eigenvalue weighted by molar-refractivity contribution is 0.0924. The molecule has 2 fully saturated rings. The molecule has 2 atom stereocenters. The van der Waals surface area contributed by atoms with Crippen LogP contribution in [0.15, 0.2) is 48.5 Å². The first-order valence-corrected chi connectivity index (χ1v) is 10.8. The van der Waals surface area contributed by atoms with Gasteiger partial charge in [0, 0.05) is 16.5 Å². The van der Waals surface area contributed by atoms with Crippen molar-refractivity contribution < 1.29 is 4.79 Å². The van der Waals surface area contributed by atoms with E-state index in [1.165, 1.54) is 6.42 Å². The third-order valence-corrected chi connectivity index (χ3v) is 7.08. The molecule has 3 aliphatic rings. The van der Waals surface area contributed by atoms with E-state index < -0.39 is 0 Å². The molecule has 2 aromatic carbocycles. The van der Waals surface area contributed by atoms with Gasteiger partial charge in [0.2, 0.25) is 0 Å². The van der Waals surface area contributed by atoms with Crippen molar-refractivity contribution in [1.82, 2.24) is 15.1 Å². The summed E-state index contributed by atoms with van der Waals surface area (Å²) in [6.07, 6.45) is 4.01. The van der Waals surface area contributed by atoms with E-state index in [-0.39, 0.29) is 11.4 Å². The van der Waals surface area contributed by atoms with Crippen LogP contribution in [-0.4, -0.2) is 15.7 Å². The molecule has 2 saturated carbocycles. The predicted molar refractivity (Wildman–Crippen MR) is 113 cm³/mol. The first kappa shape index (κ1) is 17.5. The maximum Gasteiger partial charge on any atom is 0.272 e. The minimum Gasteiger partial charge on any atom is -0.341 e. The highest BCUT2D eigenvalue weighted by Gasteiger charge is 2.51. The lowest BCUT2D eigenvalue weighted by Gasteiger charge is -2.17. The number of hydrogen-bond acceptors (Lipinski definition) is 2. The number of benzene rings is 2. The van der Waals surface area contributed by atoms with Crippen LogP contribution >= 0.6 is 23.2 Å². The second kappa shape index (κ2) is 6.10. The molecular weight excluding hydrogens is 405 g/mol. The molecule has 4 nitrogen and oxygen atoms in total. The van der Waals surface area contributed by atoms with Crippen LogP contribution in [0, 0.1) is 5.92 Å². The van der Waals surface area contributed by atoms with Crippen LogP contribution in [0.1, 0.15) is 52.5 Å². The van der Waals surface area contributed by atoms with Crippen molar-refractivity contribution in [2.75, 3.05) is 0 Å². The molecule has 0 spiro atoms. The Hall–Kier alpha value is -2.30. The second-order valence-electron chi connectivity index (χ2n) is 8.43. The zero-order chi connectivity index (χ0) is 19.8. The summed E-state index contributed by atoms with van der Waals surface area (Å²) in [6, 6.07) is 15.6. The van der Waals surface area contributed by atoms with Crippen molar-refractivity contribution >= 4 is 29.1 Å². The number of fused-ring (bicyclic) bond motifs is 3. The Balaban J connectivity index is 1.39. The minimum absolute atomic E-state index is 0.0901. The fourth-order valence-electron chi connectivity index (χ4n) is 4.78. The monoisotopic (exact) mass is 423 g/mol. The maximum atomic E-state index is 13.3. The molecule has 6 heteroatoms. The number of rotatable bonds is 4. The Morgan fingerprint density at radius 2 is 1.93 bits per heavy atom. The van der Waals surface area contributed by atoms with E-state index in [0.717, 1.165) is 41.8 Å². The largest absolute Gasteiger partial charge is 0.341 e. The smallest absolute Gasteiger partial charge is 0.272 e. The molecule has 0 bridgehead atoms. The standard InChI is InChI=1S/C23H19Cl2N3O/c24-15-6-7-19(18(25)12-15)28-21-16-10-13(16)11-17(21)20(27-28)22(29)26-23(8-9-23)14-4-2-1-3-5-14/h1-7,12-13,16H,8-11H2,(H,26,29)/t13-,16-/m1/s1. The summed E-state index contributed by atoms with van der Waals surface area (Å²) in [6.45, 7) is 0. The highest BCUT2D eigenvalue weighted by atomic mass is 35.5. The lowest BCUT2D eigenvalue weighted by Crippen LogP contribution is -2.35. The molecule has 146 valence electrons. The minimum atomic E-state index is -0.256. The van der Waals surface area contributed by atoms with E-state index in [1.807, 2.05) is 35.0 Å². The maximum absolute atomic E-state index is 13.3. The van der Waals surface area contributed by atoms with Gasteiger partial charge < -0.3 is 5.32 Å². The average Bonchev–Trinajstić information content (AvgIpc) is 3.59. The van der Waals surface area contributed by atoms with E-state index in [0.29, 0.717) is 27.6 Å². The normalized spacial score (nSPS) is 22.7. The van der Waals surface area contributed by atoms with Crippen molar-refractivity contribution in [3.63, 3.8) is 0 Å². The zero-order valence-electron chi connectivity index (χ0n) is 15.7. The van der Waals surface area contributed by atoms with Crippen LogP contribution < -0.4 is 5.32 Å². The topological polar surface area (TPSA) is 46.9 Å². The molecule has 0 unspecified atom stereocenters. The Morgan fingerprint density at radius 1 is 1.14 bits per heavy atom. The Morgan fingerprint density at radius 3 is 2.66 bits per heavy atom. The van der Waals surface area contributed by atoms with Gasteiger partial charge in [-0.15, -0.1) is 0 Å². The van der Waals surface area contributed by atoms with Gasteiger partial charge in [-0.1, -0.05) is 53.5 Å².